The van der Waals surface area contributed by atoms with E-state index in [9.17, 15) is 0 Å². The monoisotopic (exact) mass is 348 g/mol. The zero-order chi connectivity index (χ0) is 14.1. The molecule has 0 aliphatic rings. The number of benzene rings is 1. The van der Waals surface area contributed by atoms with Crippen LogP contribution in [0.25, 0.3) is 10.2 Å². The molecule has 0 fully saturated rings. The second-order valence-electron chi connectivity index (χ2n) is 4.33. The molecule has 0 aliphatic carbocycles. The average Bonchev–Trinajstić information content (AvgIpc) is 2.81. The molecular formula is C14H13BrN4S. The fourth-order valence-electron chi connectivity index (χ4n) is 1.94. The van der Waals surface area contributed by atoms with Crippen LogP contribution in [-0.2, 0) is 0 Å². The summed E-state index contributed by atoms with van der Waals surface area (Å²) in [4.78, 5) is 11.2. The van der Waals surface area contributed by atoms with Gasteiger partial charge in [0.05, 0.1) is 11.1 Å². The molecule has 0 saturated carbocycles. The van der Waals surface area contributed by atoms with Crippen molar-refractivity contribution in [3.05, 3.63) is 39.7 Å². The molecule has 3 aromatic rings. The van der Waals surface area contributed by atoms with Crippen molar-refractivity contribution in [2.75, 3.05) is 17.7 Å². The molecule has 3 rings (SSSR count). The standard InChI is InChI=1S/C14H13BrN4S/c1-8-7-9-12(17-11-6-4-3-5-10(11)15)18-14(16-2)19-13(9)20-8/h3-7H,1-2H3,(H2,16,17,18,19). The Labute approximate surface area is 129 Å². The van der Waals surface area contributed by atoms with Crippen LogP contribution >= 0.6 is 27.3 Å². The van der Waals surface area contributed by atoms with Gasteiger partial charge in [-0.15, -0.1) is 11.3 Å². The molecule has 0 aliphatic heterocycles. The molecular weight excluding hydrogens is 336 g/mol. The van der Waals surface area contributed by atoms with Crippen LogP contribution in [-0.4, -0.2) is 17.0 Å². The number of hydrogen-bond acceptors (Lipinski definition) is 5. The van der Waals surface area contributed by atoms with Crippen molar-refractivity contribution in [3.8, 4) is 0 Å². The number of thiophene rings is 1. The van der Waals surface area contributed by atoms with E-state index in [0.717, 1.165) is 26.2 Å². The lowest BCUT2D eigenvalue weighted by Gasteiger charge is -2.10. The van der Waals surface area contributed by atoms with E-state index in [1.54, 1.807) is 11.3 Å². The first-order valence-corrected chi connectivity index (χ1v) is 7.76. The number of aromatic nitrogens is 2. The Kier molecular flexibility index (Phi) is 3.58. The summed E-state index contributed by atoms with van der Waals surface area (Å²) in [5.74, 6) is 1.43. The van der Waals surface area contributed by atoms with Gasteiger partial charge in [0, 0.05) is 16.4 Å². The smallest absolute Gasteiger partial charge is 0.225 e. The number of anilines is 3. The Bertz CT molecular complexity index is 769. The van der Waals surface area contributed by atoms with Crippen LogP contribution in [0.3, 0.4) is 0 Å². The molecule has 4 nitrogen and oxygen atoms in total. The summed E-state index contributed by atoms with van der Waals surface area (Å²) in [6.45, 7) is 2.08. The third kappa shape index (κ3) is 2.48. The van der Waals surface area contributed by atoms with Crippen LogP contribution < -0.4 is 10.6 Å². The second kappa shape index (κ2) is 5.38. The van der Waals surface area contributed by atoms with Crippen LogP contribution in [0.15, 0.2) is 34.8 Å². The predicted molar refractivity (Wildman–Crippen MR) is 89.1 cm³/mol. The van der Waals surface area contributed by atoms with Crippen molar-refractivity contribution >= 4 is 54.9 Å². The lowest BCUT2D eigenvalue weighted by Crippen LogP contribution is -2.01. The normalized spacial score (nSPS) is 10.8. The van der Waals surface area contributed by atoms with E-state index in [1.165, 1.54) is 4.88 Å². The molecule has 0 amide bonds. The van der Waals surface area contributed by atoms with Crippen molar-refractivity contribution in [2.45, 2.75) is 6.92 Å². The minimum Gasteiger partial charge on any atom is -0.357 e. The van der Waals surface area contributed by atoms with Gasteiger partial charge >= 0.3 is 0 Å². The first kappa shape index (κ1) is 13.3. The van der Waals surface area contributed by atoms with Crippen molar-refractivity contribution in [3.63, 3.8) is 0 Å². The lowest BCUT2D eigenvalue weighted by molar-refractivity contribution is 1.20. The molecule has 2 aromatic heterocycles. The number of rotatable bonds is 3. The zero-order valence-corrected chi connectivity index (χ0v) is 13.5. The van der Waals surface area contributed by atoms with Gasteiger partial charge in [-0.25, -0.2) is 4.98 Å². The number of nitrogens with zero attached hydrogens (tertiary/aromatic N) is 2. The predicted octanol–water partition coefficient (Wildman–Crippen LogP) is 4.55. The van der Waals surface area contributed by atoms with Crippen LogP contribution in [0, 0.1) is 6.92 Å². The number of nitrogens with one attached hydrogen (secondary N) is 2. The molecule has 0 radical (unpaired) electrons. The number of hydrogen-bond donors (Lipinski definition) is 2. The summed E-state index contributed by atoms with van der Waals surface area (Å²) in [7, 11) is 1.82. The fraction of sp³-hybridized carbons (Fsp3) is 0.143. The Morgan fingerprint density at radius 1 is 1.20 bits per heavy atom. The van der Waals surface area contributed by atoms with Gasteiger partial charge in [-0.1, -0.05) is 12.1 Å². The quantitative estimate of drug-likeness (QED) is 0.729. The van der Waals surface area contributed by atoms with Gasteiger partial charge in [0.2, 0.25) is 5.95 Å². The summed E-state index contributed by atoms with van der Waals surface area (Å²) in [6.07, 6.45) is 0. The van der Waals surface area contributed by atoms with Crippen molar-refractivity contribution in [1.29, 1.82) is 0 Å². The third-order valence-electron chi connectivity index (χ3n) is 2.87. The molecule has 20 heavy (non-hydrogen) atoms. The maximum atomic E-state index is 4.52. The maximum absolute atomic E-state index is 4.52. The van der Waals surface area contributed by atoms with Crippen molar-refractivity contribution in [1.82, 2.24) is 9.97 Å². The highest BCUT2D eigenvalue weighted by atomic mass is 79.9. The average molecular weight is 349 g/mol. The van der Waals surface area contributed by atoms with Gasteiger partial charge < -0.3 is 10.6 Å². The van der Waals surface area contributed by atoms with E-state index < -0.39 is 0 Å². The maximum Gasteiger partial charge on any atom is 0.225 e. The van der Waals surface area contributed by atoms with Crippen LogP contribution in [0.4, 0.5) is 17.5 Å². The molecule has 0 bridgehead atoms. The Hall–Kier alpha value is -1.66. The molecule has 2 heterocycles. The number of para-hydroxylation sites is 1. The topological polar surface area (TPSA) is 49.8 Å². The summed E-state index contributed by atoms with van der Waals surface area (Å²) in [5, 5.41) is 7.42. The summed E-state index contributed by atoms with van der Waals surface area (Å²) in [6, 6.07) is 10.1. The van der Waals surface area contributed by atoms with Gasteiger partial charge in [0.15, 0.2) is 0 Å². The molecule has 0 spiro atoms. The Morgan fingerprint density at radius 3 is 2.75 bits per heavy atom. The van der Waals surface area contributed by atoms with Crippen molar-refractivity contribution in [2.24, 2.45) is 0 Å². The Morgan fingerprint density at radius 2 is 2.00 bits per heavy atom. The molecule has 6 heteroatoms. The summed E-state index contributed by atoms with van der Waals surface area (Å²) < 4.78 is 1.00. The van der Waals surface area contributed by atoms with Gasteiger partial charge in [-0.3, -0.25) is 0 Å². The van der Waals surface area contributed by atoms with Gasteiger partial charge in [0.1, 0.15) is 10.6 Å². The van der Waals surface area contributed by atoms with Crippen molar-refractivity contribution < 1.29 is 0 Å². The SMILES string of the molecule is CNc1nc(Nc2ccccc2Br)c2cc(C)sc2n1. The van der Waals surface area contributed by atoms with E-state index in [2.05, 4.69) is 49.5 Å². The minimum atomic E-state index is 0.619. The summed E-state index contributed by atoms with van der Waals surface area (Å²) in [5.41, 5.74) is 0.985. The lowest BCUT2D eigenvalue weighted by atomic mass is 10.3. The van der Waals surface area contributed by atoms with Crippen LogP contribution in [0.5, 0.6) is 0 Å². The summed E-state index contributed by atoms with van der Waals surface area (Å²) >= 11 is 5.21. The molecule has 102 valence electrons. The largest absolute Gasteiger partial charge is 0.357 e. The molecule has 0 saturated heterocycles. The first-order valence-electron chi connectivity index (χ1n) is 6.15. The minimum absolute atomic E-state index is 0.619. The van der Waals surface area contributed by atoms with Gasteiger partial charge in [0.25, 0.3) is 0 Å². The highest BCUT2D eigenvalue weighted by Gasteiger charge is 2.11. The Balaban J connectivity index is 2.12. The molecule has 0 atom stereocenters. The molecule has 2 N–H and O–H groups in total. The second-order valence-corrected chi connectivity index (χ2v) is 6.42. The van der Waals surface area contributed by atoms with Crippen LogP contribution in [0.1, 0.15) is 4.88 Å². The van der Waals surface area contributed by atoms with Gasteiger partial charge in [-0.2, -0.15) is 4.98 Å². The number of fused-ring (bicyclic) bond motifs is 1. The first-order chi connectivity index (χ1) is 9.67. The highest BCUT2D eigenvalue weighted by Crippen LogP contribution is 2.33. The highest BCUT2D eigenvalue weighted by molar-refractivity contribution is 9.10. The third-order valence-corrected chi connectivity index (χ3v) is 4.50. The zero-order valence-electron chi connectivity index (χ0n) is 11.1. The van der Waals surface area contributed by atoms with E-state index in [4.69, 9.17) is 0 Å². The van der Waals surface area contributed by atoms with E-state index in [0.29, 0.717) is 5.95 Å². The van der Waals surface area contributed by atoms with E-state index in [1.807, 2.05) is 31.3 Å². The van der Waals surface area contributed by atoms with Gasteiger partial charge in [-0.05, 0) is 41.1 Å². The number of halogens is 1. The molecule has 1 aromatic carbocycles. The molecule has 0 unspecified atom stereocenters. The van der Waals surface area contributed by atoms with E-state index in [-0.39, 0.29) is 0 Å². The fourth-order valence-corrected chi connectivity index (χ4v) is 3.20. The number of aryl methyl sites for hydroxylation is 1. The van der Waals surface area contributed by atoms with E-state index >= 15 is 0 Å². The van der Waals surface area contributed by atoms with Crippen LogP contribution in [0.2, 0.25) is 0 Å².